The second-order valence-electron chi connectivity index (χ2n) is 10.8. The zero-order chi connectivity index (χ0) is 26.5. The molecule has 0 aliphatic carbocycles. The fraction of sp³-hybridized carbons (Fsp3) is 0. The van der Waals surface area contributed by atoms with Crippen LogP contribution < -0.4 is 0 Å². The normalized spacial score (nSPS) is 12.2. The maximum absolute atomic E-state index is 6.67. The van der Waals surface area contributed by atoms with Crippen LogP contribution in [0.4, 0.5) is 0 Å². The molecule has 9 aromatic carbocycles. The van der Waals surface area contributed by atoms with Crippen LogP contribution in [0.3, 0.4) is 0 Å². The molecule has 40 heavy (non-hydrogen) atoms. The standard InChI is InChI=1S/C38H20Cl2/c39-35-5-1-3-23-15-25-11-7-21-9-13-27-17-28-14-10-22-8-12-26-16-24-4-2-6-36(40)30(24)19-32(26)38(22)34(28)20-33(27)37(21)31(25)18-29(23)35/h1-20H. The van der Waals surface area contributed by atoms with Crippen molar-refractivity contribution in [2.75, 3.05) is 0 Å². The van der Waals surface area contributed by atoms with E-state index in [0.717, 1.165) is 31.6 Å². The molecule has 2 heteroatoms. The van der Waals surface area contributed by atoms with Crippen molar-refractivity contribution in [2.45, 2.75) is 0 Å². The minimum Gasteiger partial charge on any atom is -0.0837 e. The summed E-state index contributed by atoms with van der Waals surface area (Å²) in [6, 6.07) is 44.0. The average Bonchev–Trinajstić information content (AvgIpc) is 2.98. The maximum Gasteiger partial charge on any atom is 0.0484 e. The molecule has 0 aliphatic heterocycles. The first-order valence-electron chi connectivity index (χ1n) is 13.5. The topological polar surface area (TPSA) is 0 Å². The summed E-state index contributed by atoms with van der Waals surface area (Å²) in [6.07, 6.45) is 0. The average molecular weight is 547 g/mol. The van der Waals surface area contributed by atoms with E-state index in [1.54, 1.807) is 0 Å². The molecule has 9 aromatic rings. The Morgan fingerprint density at radius 1 is 0.275 bits per heavy atom. The van der Waals surface area contributed by atoms with Crippen LogP contribution in [0.5, 0.6) is 0 Å². The van der Waals surface area contributed by atoms with Crippen molar-refractivity contribution >= 4 is 109 Å². The molecule has 0 N–H and O–H groups in total. The van der Waals surface area contributed by atoms with Crippen LogP contribution in [0.15, 0.2) is 121 Å². The number of hydrogen-bond acceptors (Lipinski definition) is 0. The summed E-state index contributed by atoms with van der Waals surface area (Å²) in [5.41, 5.74) is 0. The molecule has 0 saturated heterocycles. The van der Waals surface area contributed by atoms with Gasteiger partial charge >= 0.3 is 0 Å². The first kappa shape index (κ1) is 22.5. The lowest BCUT2D eigenvalue weighted by Crippen LogP contribution is -1.86. The Balaban J connectivity index is 1.49. The zero-order valence-corrected chi connectivity index (χ0v) is 22.8. The van der Waals surface area contributed by atoms with Gasteiger partial charge in [0.25, 0.3) is 0 Å². The van der Waals surface area contributed by atoms with Crippen molar-refractivity contribution < 1.29 is 0 Å². The summed E-state index contributed by atoms with van der Waals surface area (Å²) >= 11 is 13.3. The van der Waals surface area contributed by atoms with Crippen molar-refractivity contribution in [3.63, 3.8) is 0 Å². The first-order valence-corrected chi connectivity index (χ1v) is 14.2. The Labute approximate surface area is 239 Å². The summed E-state index contributed by atoms with van der Waals surface area (Å²) in [7, 11) is 0. The van der Waals surface area contributed by atoms with Crippen molar-refractivity contribution in [3.05, 3.63) is 131 Å². The zero-order valence-electron chi connectivity index (χ0n) is 21.3. The SMILES string of the molecule is Clc1cccc2cc3ccc4ccc5cc6ccc7ccc8cc9cccc(Cl)c9cc8c7c6cc5c4c3cc12. The van der Waals surface area contributed by atoms with E-state index in [9.17, 15) is 0 Å². The summed E-state index contributed by atoms with van der Waals surface area (Å²) in [5.74, 6) is 0. The van der Waals surface area contributed by atoms with Crippen LogP contribution in [-0.2, 0) is 0 Å². The van der Waals surface area contributed by atoms with Crippen LogP contribution in [-0.4, -0.2) is 0 Å². The van der Waals surface area contributed by atoms with Gasteiger partial charge in [0.2, 0.25) is 0 Å². The van der Waals surface area contributed by atoms with Gasteiger partial charge < -0.3 is 0 Å². The highest BCUT2D eigenvalue weighted by Crippen LogP contribution is 2.41. The van der Waals surface area contributed by atoms with E-state index in [-0.39, 0.29) is 0 Å². The highest BCUT2D eigenvalue weighted by atomic mass is 35.5. The fourth-order valence-corrected chi connectivity index (χ4v) is 7.21. The summed E-state index contributed by atoms with van der Waals surface area (Å²) in [5, 5.41) is 20.9. The van der Waals surface area contributed by atoms with Gasteiger partial charge in [-0.05, 0) is 124 Å². The lowest BCUT2D eigenvalue weighted by Gasteiger charge is -2.14. The van der Waals surface area contributed by atoms with Gasteiger partial charge in [-0.25, -0.2) is 0 Å². The predicted molar refractivity (Wildman–Crippen MR) is 177 cm³/mol. The van der Waals surface area contributed by atoms with Gasteiger partial charge in [-0.3, -0.25) is 0 Å². The van der Waals surface area contributed by atoms with Gasteiger partial charge in [0.05, 0.1) is 0 Å². The van der Waals surface area contributed by atoms with Crippen LogP contribution >= 0.6 is 23.2 Å². The summed E-state index contributed by atoms with van der Waals surface area (Å²) in [4.78, 5) is 0. The minimum atomic E-state index is 0.783. The Bertz CT molecular complexity index is 2370. The fourth-order valence-electron chi connectivity index (χ4n) is 6.74. The summed E-state index contributed by atoms with van der Waals surface area (Å²) in [6.45, 7) is 0. The molecule has 0 nitrogen and oxygen atoms in total. The maximum atomic E-state index is 6.67. The van der Waals surface area contributed by atoms with E-state index in [0.29, 0.717) is 0 Å². The molecule has 0 amide bonds. The third-order valence-corrected chi connectivity index (χ3v) is 9.30. The number of rotatable bonds is 0. The lowest BCUT2D eigenvalue weighted by atomic mass is 9.90. The van der Waals surface area contributed by atoms with Crippen LogP contribution in [0.2, 0.25) is 10.0 Å². The van der Waals surface area contributed by atoms with Crippen molar-refractivity contribution in [2.24, 2.45) is 0 Å². The van der Waals surface area contributed by atoms with E-state index in [4.69, 9.17) is 23.2 Å². The van der Waals surface area contributed by atoms with Crippen molar-refractivity contribution in [3.8, 4) is 0 Å². The van der Waals surface area contributed by atoms with Gasteiger partial charge in [-0.15, -0.1) is 0 Å². The number of hydrogen-bond donors (Lipinski definition) is 0. The number of halogens is 2. The molecule has 0 radical (unpaired) electrons. The quantitative estimate of drug-likeness (QED) is 0.131. The molecule has 0 atom stereocenters. The van der Waals surface area contributed by atoms with E-state index in [1.807, 2.05) is 24.3 Å². The highest BCUT2D eigenvalue weighted by Gasteiger charge is 2.13. The van der Waals surface area contributed by atoms with E-state index < -0.39 is 0 Å². The largest absolute Gasteiger partial charge is 0.0837 e. The smallest absolute Gasteiger partial charge is 0.0484 e. The van der Waals surface area contributed by atoms with Gasteiger partial charge in [0, 0.05) is 20.8 Å². The molecule has 9 rings (SSSR count). The van der Waals surface area contributed by atoms with Gasteiger partial charge in [-0.2, -0.15) is 0 Å². The Morgan fingerprint density at radius 2 is 0.575 bits per heavy atom. The van der Waals surface area contributed by atoms with Gasteiger partial charge in [0.1, 0.15) is 0 Å². The van der Waals surface area contributed by atoms with Crippen LogP contribution in [0.25, 0.3) is 86.2 Å². The molecule has 0 heterocycles. The molecule has 0 aliphatic rings. The van der Waals surface area contributed by atoms with Gasteiger partial charge in [-0.1, -0.05) is 96.0 Å². The third kappa shape index (κ3) is 3.09. The van der Waals surface area contributed by atoms with Crippen molar-refractivity contribution in [1.29, 1.82) is 0 Å². The molecule has 186 valence electrons. The molecular formula is C38H20Cl2. The monoisotopic (exact) mass is 546 g/mol. The minimum absolute atomic E-state index is 0.783. The molecular weight excluding hydrogens is 527 g/mol. The van der Waals surface area contributed by atoms with Gasteiger partial charge in [0.15, 0.2) is 0 Å². The second-order valence-corrected chi connectivity index (χ2v) is 11.6. The Morgan fingerprint density at radius 3 is 0.950 bits per heavy atom. The number of benzene rings is 9. The molecule has 0 unspecified atom stereocenters. The lowest BCUT2D eigenvalue weighted by molar-refractivity contribution is 1.78. The molecule has 0 spiro atoms. The number of fused-ring (bicyclic) bond motifs is 12. The Hall–Kier alpha value is -4.36. The third-order valence-electron chi connectivity index (χ3n) is 8.64. The van der Waals surface area contributed by atoms with Crippen LogP contribution in [0, 0.1) is 0 Å². The predicted octanol–water partition coefficient (Wildman–Crippen LogP) is 12.2. The molecule has 0 aromatic heterocycles. The van der Waals surface area contributed by atoms with E-state index in [2.05, 4.69) is 97.1 Å². The van der Waals surface area contributed by atoms with Crippen LogP contribution in [0.1, 0.15) is 0 Å². The molecule has 0 bridgehead atoms. The van der Waals surface area contributed by atoms with E-state index in [1.165, 1.54) is 64.6 Å². The highest BCUT2D eigenvalue weighted by molar-refractivity contribution is 6.37. The Kier molecular flexibility index (Phi) is 4.54. The van der Waals surface area contributed by atoms with Crippen molar-refractivity contribution in [1.82, 2.24) is 0 Å². The second kappa shape index (κ2) is 8.08. The molecule has 0 fully saturated rings. The molecule has 0 saturated carbocycles. The summed E-state index contributed by atoms with van der Waals surface area (Å²) < 4.78 is 0. The van der Waals surface area contributed by atoms with E-state index >= 15 is 0 Å². The first-order chi connectivity index (χ1) is 19.6.